The lowest BCUT2D eigenvalue weighted by Gasteiger charge is -2.17. The molecule has 0 saturated heterocycles. The minimum atomic E-state index is -4.82. The third kappa shape index (κ3) is 4.12. The third-order valence-electron chi connectivity index (χ3n) is 5.76. The van der Waals surface area contributed by atoms with Crippen LogP contribution in [-0.4, -0.2) is 34.5 Å². The number of halogens is 6. The van der Waals surface area contributed by atoms with Gasteiger partial charge in [-0.2, -0.15) is 26.3 Å². The van der Waals surface area contributed by atoms with Crippen molar-refractivity contribution in [2.45, 2.75) is 42.9 Å². The van der Waals surface area contributed by atoms with Gasteiger partial charge in [0, 0.05) is 11.1 Å². The highest BCUT2D eigenvalue weighted by Crippen LogP contribution is 2.53. The van der Waals surface area contributed by atoms with Crippen molar-refractivity contribution in [2.24, 2.45) is 20.5 Å². The van der Waals surface area contributed by atoms with Gasteiger partial charge < -0.3 is 10.2 Å². The van der Waals surface area contributed by atoms with E-state index in [0.717, 1.165) is 36.4 Å². The topological polar surface area (TPSA) is 124 Å². The van der Waals surface area contributed by atoms with E-state index in [2.05, 4.69) is 20.5 Å². The Hall–Kier alpha value is -3.84. The average Bonchev–Trinajstić information content (AvgIpc) is 3.65. The molecule has 2 heterocycles. The molecule has 0 bridgehead atoms. The van der Waals surface area contributed by atoms with Crippen LogP contribution >= 0.6 is 0 Å². The van der Waals surface area contributed by atoms with Crippen LogP contribution in [0.2, 0.25) is 0 Å². The standard InChI is InChI=1S/C21H14F6N4O4/c22-20(23,24)18(28-29-18)12-4-6-14(16(32)33)10(8-12)2-1-3-11-9-13(5-7-15(11)17(34)35)19(30-31-19)21(25,26)27/h4-9H,1-3H2,(H,32,33)(H,34,35). The van der Waals surface area contributed by atoms with Crippen LogP contribution in [0.3, 0.4) is 0 Å². The molecule has 14 heteroatoms. The summed E-state index contributed by atoms with van der Waals surface area (Å²) in [7, 11) is 0. The smallest absolute Gasteiger partial charge is 0.442 e. The minimum Gasteiger partial charge on any atom is -0.478 e. The third-order valence-corrected chi connectivity index (χ3v) is 5.76. The van der Waals surface area contributed by atoms with Crippen molar-refractivity contribution in [1.29, 1.82) is 0 Å². The second kappa shape index (κ2) is 7.85. The maximum atomic E-state index is 13.3. The molecular weight excluding hydrogens is 486 g/mol. The lowest BCUT2D eigenvalue weighted by atomic mass is 9.91. The molecule has 0 aromatic heterocycles. The zero-order valence-corrected chi connectivity index (χ0v) is 17.4. The highest BCUT2D eigenvalue weighted by molar-refractivity contribution is 5.90. The molecule has 35 heavy (non-hydrogen) atoms. The van der Waals surface area contributed by atoms with Gasteiger partial charge in [0.15, 0.2) is 0 Å². The number of hydrogen-bond donors (Lipinski definition) is 2. The summed E-state index contributed by atoms with van der Waals surface area (Å²) in [5, 5.41) is 31.1. The van der Waals surface area contributed by atoms with E-state index in [1.807, 2.05) is 0 Å². The molecule has 8 nitrogen and oxygen atoms in total. The summed E-state index contributed by atoms with van der Waals surface area (Å²) in [5.74, 6) is -2.79. The van der Waals surface area contributed by atoms with Gasteiger partial charge in [-0.25, -0.2) is 9.59 Å². The molecule has 0 radical (unpaired) electrons. The summed E-state index contributed by atoms with van der Waals surface area (Å²) >= 11 is 0. The number of aromatic carboxylic acids is 2. The van der Waals surface area contributed by atoms with E-state index in [4.69, 9.17) is 0 Å². The van der Waals surface area contributed by atoms with E-state index in [1.54, 1.807) is 0 Å². The lowest BCUT2D eigenvalue weighted by Crippen LogP contribution is -2.30. The van der Waals surface area contributed by atoms with Crippen molar-refractivity contribution < 1.29 is 46.1 Å². The average molecular weight is 500 g/mol. The number of carboxylic acids is 2. The van der Waals surface area contributed by atoms with Gasteiger partial charge in [-0.05, 0) is 42.5 Å². The van der Waals surface area contributed by atoms with Gasteiger partial charge in [0.2, 0.25) is 0 Å². The second-order valence-corrected chi connectivity index (χ2v) is 7.95. The highest BCUT2D eigenvalue weighted by atomic mass is 19.4. The largest absolute Gasteiger partial charge is 0.478 e. The molecule has 0 fully saturated rings. The van der Waals surface area contributed by atoms with E-state index in [0.29, 0.717) is 0 Å². The van der Waals surface area contributed by atoms with Crippen LogP contribution in [0.15, 0.2) is 56.9 Å². The number of carbonyl (C=O) groups is 2. The van der Waals surface area contributed by atoms with Crippen molar-refractivity contribution in [3.05, 3.63) is 69.8 Å². The van der Waals surface area contributed by atoms with Crippen molar-refractivity contribution in [3.63, 3.8) is 0 Å². The molecule has 184 valence electrons. The monoisotopic (exact) mass is 500 g/mol. The molecular formula is C21H14F6N4O4. The van der Waals surface area contributed by atoms with E-state index in [1.165, 1.54) is 0 Å². The molecule has 0 atom stereocenters. The maximum Gasteiger partial charge on any atom is 0.442 e. The van der Waals surface area contributed by atoms with Crippen LogP contribution in [0.25, 0.3) is 0 Å². The summed E-state index contributed by atoms with van der Waals surface area (Å²) in [6.45, 7) is 0. The van der Waals surface area contributed by atoms with Gasteiger partial charge in [-0.15, -0.1) is 20.5 Å². The molecule has 4 rings (SSSR count). The molecule has 2 N–H and O–H groups in total. The summed E-state index contributed by atoms with van der Waals surface area (Å²) in [6, 6.07) is 5.96. The number of benzene rings is 2. The van der Waals surface area contributed by atoms with Crippen LogP contribution in [0, 0.1) is 0 Å². The highest BCUT2D eigenvalue weighted by Gasteiger charge is 2.66. The Bertz CT molecular complexity index is 1180. The Morgan fingerprint density at radius 2 is 1.03 bits per heavy atom. The summed E-state index contributed by atoms with van der Waals surface area (Å²) in [6.07, 6.45) is -9.83. The molecule has 0 amide bonds. The van der Waals surface area contributed by atoms with Gasteiger partial charge in [-0.1, -0.05) is 24.3 Å². The fourth-order valence-corrected chi connectivity index (χ4v) is 3.81. The SMILES string of the molecule is O=C(O)c1ccc(C2(C(F)(F)F)N=N2)cc1CCCc1cc(C2(C(F)(F)F)N=N2)ccc1C(=O)O. The molecule has 0 unspecified atom stereocenters. The Morgan fingerprint density at radius 1 is 0.686 bits per heavy atom. The van der Waals surface area contributed by atoms with Gasteiger partial charge in [0.1, 0.15) is 0 Å². The minimum absolute atomic E-state index is 0.0166. The Kier molecular flexibility index (Phi) is 5.45. The van der Waals surface area contributed by atoms with Crippen molar-refractivity contribution in [1.82, 2.24) is 0 Å². The van der Waals surface area contributed by atoms with Gasteiger partial charge in [0.05, 0.1) is 11.1 Å². The predicted octanol–water partition coefficient (Wildman–Crippen LogP) is 5.62. The summed E-state index contributed by atoms with van der Waals surface area (Å²) in [5.41, 5.74) is -6.77. The van der Waals surface area contributed by atoms with Crippen LogP contribution < -0.4 is 0 Å². The number of alkyl halides is 6. The molecule has 2 aromatic carbocycles. The van der Waals surface area contributed by atoms with E-state index in [-0.39, 0.29) is 52.6 Å². The fraction of sp³-hybridized carbons (Fsp3) is 0.333. The van der Waals surface area contributed by atoms with E-state index in [9.17, 15) is 46.1 Å². The van der Waals surface area contributed by atoms with Crippen LogP contribution in [0.5, 0.6) is 0 Å². The number of rotatable bonds is 8. The normalized spacial score (nSPS) is 17.3. The first-order chi connectivity index (χ1) is 16.2. The van der Waals surface area contributed by atoms with Crippen LogP contribution in [0.4, 0.5) is 26.3 Å². The molecule has 0 spiro atoms. The van der Waals surface area contributed by atoms with Crippen LogP contribution in [-0.2, 0) is 24.2 Å². The first kappa shape index (κ1) is 24.3. The lowest BCUT2D eigenvalue weighted by molar-refractivity contribution is -0.166. The summed E-state index contributed by atoms with van der Waals surface area (Å²) < 4.78 is 80.0. The van der Waals surface area contributed by atoms with Crippen molar-refractivity contribution in [3.8, 4) is 0 Å². The number of nitrogens with zero attached hydrogens (tertiary/aromatic N) is 4. The first-order valence-corrected chi connectivity index (χ1v) is 9.97. The Morgan fingerprint density at radius 3 is 1.29 bits per heavy atom. The molecule has 2 aliphatic rings. The van der Waals surface area contributed by atoms with Crippen molar-refractivity contribution in [2.75, 3.05) is 0 Å². The molecule has 0 saturated carbocycles. The van der Waals surface area contributed by atoms with Crippen molar-refractivity contribution >= 4 is 11.9 Å². The number of carboxylic acid groups (broad SMARTS) is 2. The fourth-order valence-electron chi connectivity index (χ4n) is 3.81. The predicted molar refractivity (Wildman–Crippen MR) is 104 cm³/mol. The number of hydrogen-bond acceptors (Lipinski definition) is 6. The molecule has 0 aliphatic carbocycles. The molecule has 2 aliphatic heterocycles. The maximum absolute atomic E-state index is 13.3. The Balaban J connectivity index is 1.59. The zero-order chi connectivity index (χ0) is 25.8. The van der Waals surface area contributed by atoms with Crippen LogP contribution in [0.1, 0.15) is 49.4 Å². The quantitative estimate of drug-likeness (QED) is 0.457. The first-order valence-electron chi connectivity index (χ1n) is 9.97. The second-order valence-electron chi connectivity index (χ2n) is 7.95. The van der Waals surface area contributed by atoms with E-state index < -0.39 is 35.6 Å². The van der Waals surface area contributed by atoms with E-state index >= 15 is 0 Å². The number of aryl methyl sites for hydroxylation is 2. The Labute approximate surface area is 192 Å². The van der Waals surface area contributed by atoms with Gasteiger partial charge >= 0.3 is 35.6 Å². The molecule has 2 aromatic rings. The van der Waals surface area contributed by atoms with Gasteiger partial charge in [0.25, 0.3) is 0 Å². The summed E-state index contributed by atoms with van der Waals surface area (Å²) in [4.78, 5) is 23.1. The van der Waals surface area contributed by atoms with Gasteiger partial charge in [-0.3, -0.25) is 0 Å². The zero-order valence-electron chi connectivity index (χ0n) is 17.4.